The van der Waals surface area contributed by atoms with Crippen LogP contribution in [0, 0.1) is 0 Å². The maximum atomic E-state index is 12.3. The number of carboxylic acid groups (broad SMARTS) is 1. The van der Waals surface area contributed by atoms with E-state index in [-0.39, 0.29) is 112 Å². The second-order valence-corrected chi connectivity index (χ2v) is 6.46. The molecule has 0 heterocycles. The molecule has 9 nitrogen and oxygen atoms in total. The summed E-state index contributed by atoms with van der Waals surface area (Å²) in [5.74, 6) is 0.187. The summed E-state index contributed by atoms with van der Waals surface area (Å²) in [4.78, 5) is 39.6. The van der Waals surface area contributed by atoms with Crippen molar-refractivity contribution in [3.05, 3.63) is 59.7 Å². The van der Waals surface area contributed by atoms with Gasteiger partial charge in [0.05, 0.1) is 19.9 Å². The Morgan fingerprint density at radius 3 is 1.94 bits per heavy atom. The van der Waals surface area contributed by atoms with Crippen LogP contribution in [0.3, 0.4) is 0 Å². The molecule has 1 N–H and O–H groups in total. The Labute approximate surface area is 245 Å². The summed E-state index contributed by atoms with van der Waals surface area (Å²) in [5.41, 5.74) is -1.55. The number of hydrogen-bond acceptors (Lipinski definition) is 9. The van der Waals surface area contributed by atoms with Gasteiger partial charge in [-0.25, -0.2) is 0 Å². The molecule has 0 amide bonds. The first-order valence-electron chi connectivity index (χ1n) is 7.56. The van der Waals surface area contributed by atoms with E-state index in [1.165, 1.54) is 26.4 Å². The molecule has 13 heteroatoms. The first-order valence-corrected chi connectivity index (χ1v) is 9.10. The van der Waals surface area contributed by atoms with Crippen LogP contribution in [0.5, 0.6) is 17.2 Å². The van der Waals surface area contributed by atoms with Gasteiger partial charge in [0.2, 0.25) is 0 Å². The van der Waals surface area contributed by atoms with Gasteiger partial charge in [0, 0.05) is 12.1 Å². The van der Waals surface area contributed by atoms with Crippen LogP contribution in [-0.4, -0.2) is 30.8 Å². The topological polar surface area (TPSA) is 159 Å². The maximum absolute atomic E-state index is 12.3. The molecule has 0 radical (unpaired) electrons. The number of hydrogen-bond donors (Lipinski definition) is 1. The third kappa shape index (κ3) is 12.6. The van der Waals surface area contributed by atoms with Crippen molar-refractivity contribution in [1.82, 2.24) is 0 Å². The molecule has 0 aliphatic heterocycles. The minimum atomic E-state index is -5.43. The van der Waals surface area contributed by atoms with Gasteiger partial charge in [-0.15, -0.1) is 0 Å². The summed E-state index contributed by atoms with van der Waals surface area (Å²) in [6.07, 6.45) is 3.09. The van der Waals surface area contributed by atoms with Crippen molar-refractivity contribution < 1.29 is 132 Å². The molecule has 0 bridgehead atoms. The molecule has 0 aliphatic carbocycles. The zero-order valence-corrected chi connectivity index (χ0v) is 24.8. The van der Waals surface area contributed by atoms with E-state index in [1.807, 2.05) is 30.3 Å². The van der Waals surface area contributed by atoms with Crippen LogP contribution in [0.15, 0.2) is 48.5 Å². The van der Waals surface area contributed by atoms with Crippen molar-refractivity contribution in [2.24, 2.45) is 0 Å². The molecule has 2 aromatic rings. The summed E-state index contributed by atoms with van der Waals surface area (Å²) in [6.45, 7) is 0. The van der Waals surface area contributed by atoms with Gasteiger partial charge in [-0.1, -0.05) is 36.4 Å². The molecule has 150 valence electrons. The fraction of sp³-hybridized carbons (Fsp3) is 0.111. The van der Waals surface area contributed by atoms with E-state index in [0.29, 0.717) is 5.75 Å². The van der Waals surface area contributed by atoms with Crippen molar-refractivity contribution in [2.75, 3.05) is 14.2 Å². The third-order valence-electron chi connectivity index (χ3n) is 3.21. The smallest absolute Gasteiger partial charge is 0.807 e. The van der Waals surface area contributed by atoms with Crippen molar-refractivity contribution in [3.8, 4) is 17.2 Å². The van der Waals surface area contributed by atoms with E-state index in [4.69, 9.17) is 33.7 Å². The van der Waals surface area contributed by atoms with Crippen LogP contribution >= 0.6 is 7.60 Å². The van der Waals surface area contributed by atoms with E-state index in [9.17, 15) is 9.90 Å². The SMILES string of the molecule is COc1cc(O)c(C(=O)C=Cc2ccccc2)c(OC)c1.O=C([O-])P(=O)([O-])[O-].[Na+].[Na+].[Na+]. The number of rotatable bonds is 6. The fourth-order valence-electron chi connectivity index (χ4n) is 1.92. The number of allylic oxidation sites excluding steroid dienone is 1. The van der Waals surface area contributed by atoms with Crippen LogP contribution in [-0.2, 0) is 4.57 Å². The number of ketones is 1. The second kappa shape index (κ2) is 17.4. The van der Waals surface area contributed by atoms with E-state index < -0.39 is 13.3 Å². The Morgan fingerprint density at radius 2 is 1.52 bits per heavy atom. The fourth-order valence-corrected chi connectivity index (χ4v) is 1.92. The van der Waals surface area contributed by atoms with Crippen LogP contribution in [0.25, 0.3) is 6.08 Å². The molecule has 0 fully saturated rings. The number of phenolic OH excluding ortho intramolecular Hbond substituents is 1. The van der Waals surface area contributed by atoms with Crippen LogP contribution in [0.1, 0.15) is 15.9 Å². The van der Waals surface area contributed by atoms with Gasteiger partial charge in [0.1, 0.15) is 22.8 Å². The molecule has 0 saturated heterocycles. The van der Waals surface area contributed by atoms with Gasteiger partial charge in [0.25, 0.3) is 0 Å². The zero-order chi connectivity index (χ0) is 21.3. The number of methoxy groups -OCH3 is 2. The predicted octanol–water partition coefficient (Wildman–Crippen LogP) is -8.44. The Hall–Kier alpha value is -0.130. The molecule has 31 heavy (non-hydrogen) atoms. The molecule has 0 saturated carbocycles. The van der Waals surface area contributed by atoms with Crippen molar-refractivity contribution in [2.45, 2.75) is 0 Å². The van der Waals surface area contributed by atoms with Crippen LogP contribution in [0.4, 0.5) is 4.79 Å². The first kappa shape index (κ1) is 35.5. The Kier molecular flexibility index (Phi) is 19.9. The molecule has 2 rings (SSSR count). The van der Waals surface area contributed by atoms with E-state index in [2.05, 4.69) is 0 Å². The summed E-state index contributed by atoms with van der Waals surface area (Å²) in [5, 5.41) is 19.0. The second-order valence-electron chi connectivity index (χ2n) is 5.10. The maximum Gasteiger partial charge on any atom is 1.00 e. The summed E-state index contributed by atoms with van der Waals surface area (Å²) in [7, 11) is -2.52. The predicted molar refractivity (Wildman–Crippen MR) is 94.0 cm³/mol. The van der Waals surface area contributed by atoms with Crippen LogP contribution in [0.2, 0.25) is 0 Å². The number of benzene rings is 2. The van der Waals surface area contributed by atoms with Crippen LogP contribution < -0.4 is 113 Å². The molecular weight excluding hydrogens is 460 g/mol. The van der Waals surface area contributed by atoms with E-state index >= 15 is 0 Å². The molecule has 0 aliphatic rings. The van der Waals surface area contributed by atoms with E-state index in [1.54, 1.807) is 12.1 Å². The molecule has 0 atom stereocenters. The number of phenols is 1. The van der Waals surface area contributed by atoms with Gasteiger partial charge in [-0.2, -0.15) is 0 Å². The summed E-state index contributed by atoms with van der Waals surface area (Å²) >= 11 is 0. The van der Waals surface area contributed by atoms with Gasteiger partial charge in [0.15, 0.2) is 5.78 Å². The minimum absolute atomic E-state index is 0. The minimum Gasteiger partial charge on any atom is -0.807 e. The first-order chi connectivity index (χ1) is 13.1. The molecule has 0 aromatic heterocycles. The third-order valence-corrected chi connectivity index (χ3v) is 3.65. The number of carbonyl (C=O) groups excluding carboxylic acids is 2. The molecule has 2 aromatic carbocycles. The number of aromatic hydroxyl groups is 1. The zero-order valence-electron chi connectivity index (χ0n) is 17.9. The Morgan fingerprint density at radius 1 is 1.00 bits per heavy atom. The average molecular weight is 476 g/mol. The number of carbonyl (C=O) groups is 2. The summed E-state index contributed by atoms with van der Waals surface area (Å²) in [6, 6.07) is 12.4. The Balaban J connectivity index is -0.000000686. The molecule has 0 spiro atoms. The Bertz CT molecular complexity index is 915. The monoisotopic (exact) mass is 476 g/mol. The number of ether oxygens (including phenoxy) is 2. The largest absolute Gasteiger partial charge is 1.00 e. The van der Waals surface area contributed by atoms with Crippen molar-refractivity contribution >= 4 is 25.2 Å². The molecular formula is C18H16Na3O9P. The molecule has 0 unspecified atom stereocenters. The standard InChI is InChI=1S/C17H16O4.CH3O5P.3Na/c1-20-13-10-15(19)17(16(11-13)21-2)14(18)9-8-12-6-4-3-5-7-12;2-1(3)7(4,5)6;;;/h3-11,19H,1-2H3;(H,2,3)(H2,4,5,6);;;/q;;3*+1/p-3. The summed E-state index contributed by atoms with van der Waals surface area (Å²) < 4.78 is 19.3. The van der Waals surface area contributed by atoms with Gasteiger partial charge in [-0.05, 0) is 19.2 Å². The van der Waals surface area contributed by atoms with Crippen molar-refractivity contribution in [3.63, 3.8) is 0 Å². The van der Waals surface area contributed by atoms with E-state index in [0.717, 1.165) is 5.56 Å². The normalized spacial score (nSPS) is 9.68. The van der Waals surface area contributed by atoms with Gasteiger partial charge in [-0.3, -0.25) is 4.79 Å². The average Bonchev–Trinajstić information content (AvgIpc) is 2.65. The quantitative estimate of drug-likeness (QED) is 0.185. The van der Waals surface area contributed by atoms with Gasteiger partial charge < -0.3 is 38.8 Å². The van der Waals surface area contributed by atoms with Gasteiger partial charge >= 0.3 is 88.7 Å². The van der Waals surface area contributed by atoms with Crippen molar-refractivity contribution in [1.29, 1.82) is 0 Å².